The first-order valence-electron chi connectivity index (χ1n) is 13.6. The fourth-order valence-corrected chi connectivity index (χ4v) is 4.76. The highest BCUT2D eigenvalue weighted by molar-refractivity contribution is 6.06. The highest BCUT2D eigenvalue weighted by atomic mass is 19.4. The van der Waals surface area contributed by atoms with Gasteiger partial charge in [-0.3, -0.25) is 4.79 Å². The molecule has 5 rings (SSSR count). The molecule has 1 amide bonds. The second-order valence-corrected chi connectivity index (χ2v) is 9.88. The summed E-state index contributed by atoms with van der Waals surface area (Å²) in [4.78, 5) is 28.6. The monoisotopic (exact) mass is 561 g/mol. The van der Waals surface area contributed by atoms with Gasteiger partial charge in [0.05, 0.1) is 28.2 Å². The lowest BCUT2D eigenvalue weighted by Gasteiger charge is -2.31. The summed E-state index contributed by atoms with van der Waals surface area (Å²) in [5, 5.41) is 2.73. The zero-order valence-electron chi connectivity index (χ0n) is 22.8. The van der Waals surface area contributed by atoms with Crippen molar-refractivity contribution in [2.45, 2.75) is 45.7 Å². The number of rotatable bonds is 7. The molecule has 1 N–H and O–H groups in total. The largest absolute Gasteiger partial charge is 0.438 e. The average Bonchev–Trinajstić information content (AvgIpc) is 2.98. The van der Waals surface area contributed by atoms with E-state index in [-0.39, 0.29) is 11.3 Å². The molecule has 0 radical (unpaired) electrons. The van der Waals surface area contributed by atoms with Crippen molar-refractivity contribution in [2.24, 2.45) is 0 Å². The van der Waals surface area contributed by atoms with Crippen LogP contribution in [-0.2, 0) is 12.6 Å². The molecule has 0 bridgehead atoms. The van der Waals surface area contributed by atoms with Crippen molar-refractivity contribution in [2.75, 3.05) is 23.3 Å². The Hall–Kier alpha value is -4.47. The fourth-order valence-electron chi connectivity index (χ4n) is 4.76. The Balaban J connectivity index is 1.44. The molecule has 1 aliphatic rings. The van der Waals surface area contributed by atoms with Crippen molar-refractivity contribution < 1.29 is 22.7 Å². The number of aromatic nitrogens is 3. The lowest BCUT2D eigenvalue weighted by Crippen LogP contribution is -2.30. The van der Waals surface area contributed by atoms with Crippen LogP contribution in [0.4, 0.5) is 24.5 Å². The van der Waals surface area contributed by atoms with E-state index < -0.39 is 17.6 Å². The summed E-state index contributed by atoms with van der Waals surface area (Å²) >= 11 is 0. The zero-order valence-corrected chi connectivity index (χ0v) is 22.8. The van der Waals surface area contributed by atoms with Crippen molar-refractivity contribution in [3.63, 3.8) is 0 Å². The van der Waals surface area contributed by atoms with Gasteiger partial charge in [-0.05, 0) is 80.3 Å². The summed E-state index contributed by atoms with van der Waals surface area (Å²) in [5.74, 6) is 0.838. The first-order valence-corrected chi connectivity index (χ1v) is 13.6. The Morgan fingerprint density at radius 2 is 1.80 bits per heavy atom. The van der Waals surface area contributed by atoms with E-state index in [9.17, 15) is 18.0 Å². The number of nitrogens with one attached hydrogen (secondary N) is 1. The third-order valence-electron chi connectivity index (χ3n) is 6.99. The molecule has 1 aliphatic heterocycles. The molecule has 10 heteroatoms. The van der Waals surface area contributed by atoms with E-state index in [1.165, 1.54) is 6.07 Å². The minimum absolute atomic E-state index is 0.122. The standard InChI is InChI=1S/C31H30F3N5O2/c1-3-28-35-15-13-24(37-28)23-8-7-14-36-30(23)41-27-18-21(10-9-20(27)2)29(40)38-25-19-22(31(32,33)34)11-12-26(25)39-16-5-4-6-17-39/h7-15,18-19H,3-6,16-17H2,1-2H3,(H,38,40). The van der Waals surface area contributed by atoms with Gasteiger partial charge in [-0.15, -0.1) is 0 Å². The molecule has 0 saturated carbocycles. The van der Waals surface area contributed by atoms with Gasteiger partial charge in [0.2, 0.25) is 5.88 Å². The van der Waals surface area contributed by atoms with Gasteiger partial charge in [-0.25, -0.2) is 15.0 Å². The number of pyridine rings is 1. The van der Waals surface area contributed by atoms with Crippen LogP contribution in [0.25, 0.3) is 11.3 Å². The molecular formula is C31H30F3N5O2. The molecule has 0 aliphatic carbocycles. The second-order valence-electron chi connectivity index (χ2n) is 9.88. The predicted molar refractivity (Wildman–Crippen MR) is 151 cm³/mol. The van der Waals surface area contributed by atoms with Crippen molar-refractivity contribution >= 4 is 17.3 Å². The van der Waals surface area contributed by atoms with E-state index in [0.717, 1.165) is 50.0 Å². The lowest BCUT2D eigenvalue weighted by atomic mass is 10.1. The Kier molecular flexibility index (Phi) is 8.19. The number of carbonyl (C=O) groups is 1. The van der Waals surface area contributed by atoms with Gasteiger partial charge in [-0.1, -0.05) is 13.0 Å². The number of hydrogen-bond acceptors (Lipinski definition) is 6. The highest BCUT2D eigenvalue weighted by Gasteiger charge is 2.32. The first kappa shape index (κ1) is 28.1. The number of ether oxygens (including phenoxy) is 1. The SMILES string of the molecule is CCc1nccc(-c2cccnc2Oc2cc(C(=O)Nc3cc(C(F)(F)F)ccc3N3CCCCC3)ccc2C)n1. The van der Waals surface area contributed by atoms with Crippen molar-refractivity contribution in [3.8, 4) is 22.9 Å². The molecule has 7 nitrogen and oxygen atoms in total. The number of hydrogen-bond donors (Lipinski definition) is 1. The number of aryl methyl sites for hydroxylation is 2. The van der Waals surface area contributed by atoms with E-state index in [2.05, 4.69) is 20.3 Å². The van der Waals surface area contributed by atoms with E-state index in [1.54, 1.807) is 42.7 Å². The second kappa shape index (κ2) is 12.0. The molecule has 3 heterocycles. The Morgan fingerprint density at radius 1 is 1.00 bits per heavy atom. The molecule has 0 unspecified atom stereocenters. The summed E-state index contributed by atoms with van der Waals surface area (Å²) in [6, 6.07) is 13.8. The van der Waals surface area contributed by atoms with Crippen LogP contribution in [0.2, 0.25) is 0 Å². The van der Waals surface area contributed by atoms with Gasteiger partial charge in [-0.2, -0.15) is 13.2 Å². The van der Waals surface area contributed by atoms with Gasteiger partial charge >= 0.3 is 6.18 Å². The molecule has 2 aromatic heterocycles. The third kappa shape index (κ3) is 6.48. The van der Waals surface area contributed by atoms with Crippen molar-refractivity contribution in [3.05, 3.63) is 89.5 Å². The maximum absolute atomic E-state index is 13.5. The van der Waals surface area contributed by atoms with Crippen molar-refractivity contribution in [1.29, 1.82) is 0 Å². The number of benzene rings is 2. The fraction of sp³-hybridized carbons (Fsp3) is 0.290. The topological polar surface area (TPSA) is 80.2 Å². The smallest absolute Gasteiger partial charge is 0.416 e. The number of amides is 1. The Labute approximate surface area is 236 Å². The van der Waals surface area contributed by atoms with Crippen LogP contribution >= 0.6 is 0 Å². The van der Waals surface area contributed by atoms with Crippen LogP contribution in [0.1, 0.15) is 53.5 Å². The number of carbonyl (C=O) groups excluding carboxylic acids is 1. The van der Waals surface area contributed by atoms with Gasteiger partial charge in [0, 0.05) is 37.5 Å². The number of nitrogens with zero attached hydrogens (tertiary/aromatic N) is 4. The molecule has 0 spiro atoms. The number of anilines is 2. The number of halogens is 3. The number of alkyl halides is 3. The van der Waals surface area contributed by atoms with Crippen LogP contribution in [0.5, 0.6) is 11.6 Å². The molecular weight excluding hydrogens is 531 g/mol. The first-order chi connectivity index (χ1) is 19.7. The minimum Gasteiger partial charge on any atom is -0.438 e. The summed E-state index contributed by atoms with van der Waals surface area (Å²) in [6.45, 7) is 5.24. The van der Waals surface area contributed by atoms with Gasteiger partial charge in [0.25, 0.3) is 5.91 Å². The van der Waals surface area contributed by atoms with E-state index in [1.807, 2.05) is 24.8 Å². The Morgan fingerprint density at radius 3 is 2.56 bits per heavy atom. The zero-order chi connectivity index (χ0) is 29.0. The average molecular weight is 562 g/mol. The predicted octanol–water partition coefficient (Wildman–Crippen LogP) is 7.46. The lowest BCUT2D eigenvalue weighted by molar-refractivity contribution is -0.137. The molecule has 41 heavy (non-hydrogen) atoms. The molecule has 4 aromatic rings. The molecule has 2 aromatic carbocycles. The number of piperidine rings is 1. The Bertz CT molecular complexity index is 1550. The third-order valence-corrected chi connectivity index (χ3v) is 6.99. The normalized spacial score (nSPS) is 13.6. The van der Waals surface area contributed by atoms with E-state index >= 15 is 0 Å². The van der Waals surface area contributed by atoms with Crippen LogP contribution in [0.3, 0.4) is 0 Å². The van der Waals surface area contributed by atoms with Crippen LogP contribution in [-0.4, -0.2) is 33.9 Å². The summed E-state index contributed by atoms with van der Waals surface area (Å²) in [5.41, 5.74) is 2.18. The van der Waals surface area contributed by atoms with Gasteiger partial charge in [0.1, 0.15) is 11.6 Å². The van der Waals surface area contributed by atoms with Gasteiger partial charge < -0.3 is 15.0 Å². The maximum atomic E-state index is 13.5. The van der Waals surface area contributed by atoms with E-state index in [4.69, 9.17) is 4.74 Å². The minimum atomic E-state index is -4.53. The maximum Gasteiger partial charge on any atom is 0.416 e. The molecule has 212 valence electrons. The van der Waals surface area contributed by atoms with Crippen molar-refractivity contribution in [1.82, 2.24) is 15.0 Å². The summed E-state index contributed by atoms with van der Waals surface area (Å²) in [6.07, 6.45) is 2.37. The quantitative estimate of drug-likeness (QED) is 0.252. The van der Waals surface area contributed by atoms with Crippen LogP contribution in [0.15, 0.2) is 67.0 Å². The van der Waals surface area contributed by atoms with E-state index in [0.29, 0.717) is 40.8 Å². The summed E-state index contributed by atoms with van der Waals surface area (Å²) < 4.78 is 46.8. The highest BCUT2D eigenvalue weighted by Crippen LogP contribution is 2.37. The van der Waals surface area contributed by atoms with Crippen LogP contribution < -0.4 is 15.0 Å². The molecule has 0 atom stereocenters. The molecule has 1 saturated heterocycles. The van der Waals surface area contributed by atoms with Crippen LogP contribution in [0, 0.1) is 6.92 Å². The summed E-state index contributed by atoms with van der Waals surface area (Å²) in [7, 11) is 0. The van der Waals surface area contributed by atoms with Gasteiger partial charge in [0.15, 0.2) is 0 Å². The molecule has 1 fully saturated rings.